The van der Waals surface area contributed by atoms with Crippen molar-refractivity contribution in [2.24, 2.45) is 5.41 Å². The second kappa shape index (κ2) is 27.8. The van der Waals surface area contributed by atoms with Gasteiger partial charge in [0, 0.05) is 65.4 Å². The zero-order chi connectivity index (χ0) is 45.5. The van der Waals surface area contributed by atoms with Gasteiger partial charge in [0.2, 0.25) is 0 Å². The Labute approximate surface area is 367 Å². The molecule has 1 atom stereocenters. The van der Waals surface area contributed by atoms with Crippen molar-refractivity contribution in [1.82, 2.24) is 19.6 Å². The van der Waals surface area contributed by atoms with Crippen molar-refractivity contribution < 1.29 is 52.3 Å². The maximum absolute atomic E-state index is 13.9. The lowest BCUT2D eigenvalue weighted by Crippen LogP contribution is -2.53. The summed E-state index contributed by atoms with van der Waals surface area (Å²) < 4.78 is 39.4. The van der Waals surface area contributed by atoms with Crippen LogP contribution in [0.4, 0.5) is 0 Å². The summed E-state index contributed by atoms with van der Waals surface area (Å²) >= 11 is 0. The Morgan fingerprint density at radius 2 is 1.02 bits per heavy atom. The Morgan fingerprint density at radius 1 is 0.574 bits per heavy atom. The predicted molar refractivity (Wildman–Crippen MR) is 236 cm³/mol. The minimum Gasteiger partial charge on any atom is -0.491 e. The minimum absolute atomic E-state index is 0.0393. The highest BCUT2D eigenvalue weighted by Gasteiger charge is 2.31. The Bertz CT molecular complexity index is 1380. The van der Waals surface area contributed by atoms with Crippen LogP contribution < -0.4 is 4.74 Å². The number of hydrogen-bond acceptors (Lipinski definition) is 15. The number of carbonyl (C=O) groups excluding carboxylic acids is 4. The van der Waals surface area contributed by atoms with E-state index in [1.165, 1.54) is 0 Å². The first-order valence-electron chi connectivity index (χ1n) is 22.1. The first kappa shape index (κ1) is 54.0. The average Bonchev–Trinajstić information content (AvgIpc) is 3.13. The fourth-order valence-electron chi connectivity index (χ4n) is 6.70. The van der Waals surface area contributed by atoms with Crippen LogP contribution in [0.25, 0.3) is 0 Å². The zero-order valence-corrected chi connectivity index (χ0v) is 39.5. The van der Waals surface area contributed by atoms with E-state index in [-0.39, 0.29) is 55.3 Å². The van der Waals surface area contributed by atoms with Crippen LogP contribution in [0.2, 0.25) is 0 Å². The fourth-order valence-corrected chi connectivity index (χ4v) is 6.70. The molecule has 0 radical (unpaired) electrons. The van der Waals surface area contributed by atoms with Crippen LogP contribution in [0, 0.1) is 5.41 Å². The van der Waals surface area contributed by atoms with Gasteiger partial charge in [-0.25, -0.2) is 0 Å². The molecular formula is C46H80N4O11. The number of carbonyl (C=O) groups is 4. The van der Waals surface area contributed by atoms with E-state index in [4.69, 9.17) is 33.2 Å². The quantitative estimate of drug-likeness (QED) is 0.0863. The van der Waals surface area contributed by atoms with Crippen LogP contribution in [-0.4, -0.2) is 185 Å². The number of ketones is 1. The lowest BCUT2D eigenvalue weighted by Gasteiger charge is -2.36. The van der Waals surface area contributed by atoms with Crippen LogP contribution in [0.3, 0.4) is 0 Å². The fraction of sp³-hybridized carbons (Fsp3) is 0.783. The number of nitrogens with zero attached hydrogens (tertiary/aromatic N) is 4. The molecule has 2 rings (SSSR count). The van der Waals surface area contributed by atoms with E-state index < -0.39 is 17.2 Å². The van der Waals surface area contributed by atoms with Crippen LogP contribution >= 0.6 is 0 Å². The summed E-state index contributed by atoms with van der Waals surface area (Å²) in [5.74, 6) is -0.213. The van der Waals surface area contributed by atoms with Crippen molar-refractivity contribution >= 4 is 23.7 Å². The summed E-state index contributed by atoms with van der Waals surface area (Å²) in [6.07, 6.45) is 0.807. The molecule has 0 aliphatic carbocycles. The van der Waals surface area contributed by atoms with Gasteiger partial charge in [0.15, 0.2) is 0 Å². The third kappa shape index (κ3) is 26.1. The Hall–Kier alpha value is -3.18. The molecule has 1 fully saturated rings. The third-order valence-electron chi connectivity index (χ3n) is 9.34. The molecule has 1 heterocycles. The highest BCUT2D eigenvalue weighted by atomic mass is 16.6. The summed E-state index contributed by atoms with van der Waals surface area (Å²) in [5, 5.41) is 0. The molecule has 0 amide bonds. The van der Waals surface area contributed by atoms with Gasteiger partial charge < -0.3 is 33.2 Å². The topological polar surface area (TPSA) is 146 Å². The van der Waals surface area contributed by atoms with Crippen molar-refractivity contribution in [2.45, 2.75) is 106 Å². The molecule has 0 bridgehead atoms. The highest BCUT2D eigenvalue weighted by Crippen LogP contribution is 2.20. The molecule has 61 heavy (non-hydrogen) atoms. The summed E-state index contributed by atoms with van der Waals surface area (Å²) in [6.45, 7) is 28.8. The van der Waals surface area contributed by atoms with Crippen LogP contribution in [-0.2, 0) is 54.0 Å². The third-order valence-corrected chi connectivity index (χ3v) is 9.34. The summed E-state index contributed by atoms with van der Waals surface area (Å²) in [4.78, 5) is 61.8. The molecule has 0 spiro atoms. The number of hydrogen-bond donors (Lipinski definition) is 0. The van der Waals surface area contributed by atoms with E-state index in [9.17, 15) is 19.2 Å². The lowest BCUT2D eigenvalue weighted by atomic mass is 9.90. The van der Waals surface area contributed by atoms with Gasteiger partial charge in [-0.05, 0) is 84.9 Å². The van der Waals surface area contributed by atoms with E-state index in [1.807, 2.05) is 82.5 Å². The molecule has 350 valence electrons. The summed E-state index contributed by atoms with van der Waals surface area (Å²) in [7, 11) is 0. The molecule has 1 unspecified atom stereocenters. The van der Waals surface area contributed by atoms with Crippen molar-refractivity contribution in [2.75, 3.05) is 125 Å². The molecule has 0 aromatic heterocycles. The first-order valence-corrected chi connectivity index (χ1v) is 22.1. The van der Waals surface area contributed by atoms with Crippen molar-refractivity contribution in [3.63, 3.8) is 0 Å². The summed E-state index contributed by atoms with van der Waals surface area (Å²) in [6, 6.07) is 7.04. The molecule has 15 nitrogen and oxygen atoms in total. The van der Waals surface area contributed by atoms with Gasteiger partial charge in [-0.2, -0.15) is 0 Å². The highest BCUT2D eigenvalue weighted by molar-refractivity contribution is 5.81. The van der Waals surface area contributed by atoms with Crippen LogP contribution in [0.1, 0.15) is 88.1 Å². The van der Waals surface area contributed by atoms with Crippen LogP contribution in [0.15, 0.2) is 24.3 Å². The molecule has 1 aliphatic heterocycles. The monoisotopic (exact) mass is 865 g/mol. The van der Waals surface area contributed by atoms with Gasteiger partial charge in [0.25, 0.3) is 0 Å². The maximum atomic E-state index is 13.9. The number of esters is 3. The molecule has 1 aliphatic rings. The summed E-state index contributed by atoms with van der Waals surface area (Å²) in [5.41, 5.74) is -0.535. The number of Topliss-reactive ketones (excluding diaryl/α,β-unsaturated/α-hetero) is 1. The van der Waals surface area contributed by atoms with Gasteiger partial charge in [-0.1, -0.05) is 32.9 Å². The largest absolute Gasteiger partial charge is 0.491 e. The minimum atomic E-state index is -0.658. The lowest BCUT2D eigenvalue weighted by molar-refractivity contribution is -0.158. The van der Waals surface area contributed by atoms with Crippen molar-refractivity contribution in [3.8, 4) is 5.75 Å². The molecule has 1 aromatic rings. The smallest absolute Gasteiger partial charge is 0.323 e. The van der Waals surface area contributed by atoms with Gasteiger partial charge in [-0.15, -0.1) is 0 Å². The van der Waals surface area contributed by atoms with Gasteiger partial charge in [-0.3, -0.25) is 38.8 Å². The number of rotatable bonds is 23. The number of benzene rings is 1. The molecule has 15 heteroatoms. The van der Waals surface area contributed by atoms with E-state index in [0.29, 0.717) is 117 Å². The van der Waals surface area contributed by atoms with E-state index in [0.717, 1.165) is 5.56 Å². The molecule has 0 N–H and O–H groups in total. The van der Waals surface area contributed by atoms with E-state index in [1.54, 1.807) is 6.92 Å². The number of ether oxygens (including phenoxy) is 7. The van der Waals surface area contributed by atoms with Crippen molar-refractivity contribution in [1.29, 1.82) is 0 Å². The Kier molecular flexibility index (Phi) is 24.6. The standard InChI is InChI=1S/C46H80N4O11/c1-12-55-26-27-56-28-29-57-30-31-59-39-16-14-37(15-17-39)32-40(43(54)58-13-2)50-24-22-47(34-38(51)33-44(3,4)5)18-19-48(35-41(52)60-45(6,7)8)20-21-49(23-25-50)36-42(53)61-46(9,10)11/h14-17,40H,12-13,18-36H2,1-11H3. The van der Waals surface area contributed by atoms with E-state index in [2.05, 4.69) is 30.6 Å². The second-order valence-corrected chi connectivity index (χ2v) is 18.7. The molecule has 1 aromatic carbocycles. The predicted octanol–water partition coefficient (Wildman–Crippen LogP) is 4.52. The van der Waals surface area contributed by atoms with Gasteiger partial charge in [0.1, 0.15) is 35.4 Å². The maximum Gasteiger partial charge on any atom is 0.323 e. The van der Waals surface area contributed by atoms with Gasteiger partial charge in [0.05, 0.1) is 59.3 Å². The molecule has 1 saturated heterocycles. The van der Waals surface area contributed by atoms with Crippen LogP contribution in [0.5, 0.6) is 5.75 Å². The SMILES string of the molecule is CCOCCOCCOCCOc1ccc(CC(C(=O)OCC)N2CCN(CC(=O)CC(C)(C)C)CCN(CC(=O)OC(C)(C)C)CCN(CC(=O)OC(C)(C)C)CC2)cc1. The molecule has 0 saturated carbocycles. The average molecular weight is 865 g/mol. The van der Waals surface area contributed by atoms with Crippen molar-refractivity contribution in [3.05, 3.63) is 29.8 Å². The Morgan fingerprint density at radius 3 is 1.46 bits per heavy atom. The first-order chi connectivity index (χ1) is 28.7. The normalized spacial score (nSPS) is 16.6. The second-order valence-electron chi connectivity index (χ2n) is 18.7. The van der Waals surface area contributed by atoms with E-state index >= 15 is 0 Å². The Balaban J connectivity index is 2.33. The molecular weight excluding hydrogens is 785 g/mol. The zero-order valence-electron chi connectivity index (χ0n) is 39.5. The van der Waals surface area contributed by atoms with Gasteiger partial charge >= 0.3 is 17.9 Å².